The predicted molar refractivity (Wildman–Crippen MR) is 71.1 cm³/mol. The molecule has 2 aromatic rings. The monoisotopic (exact) mass is 227 g/mol. The number of aryl methyl sites for hydroxylation is 1. The molecule has 0 aliphatic heterocycles. The molecule has 17 heavy (non-hydrogen) atoms. The summed E-state index contributed by atoms with van der Waals surface area (Å²) in [5, 5.41) is 0. The summed E-state index contributed by atoms with van der Waals surface area (Å²) in [7, 11) is 0. The first-order chi connectivity index (χ1) is 8.18. The van der Waals surface area contributed by atoms with Crippen LogP contribution in [0.4, 0.5) is 5.69 Å². The Hall–Kier alpha value is -1.96. The van der Waals surface area contributed by atoms with Gasteiger partial charge in [0, 0.05) is 0 Å². The first-order valence-corrected chi connectivity index (χ1v) is 5.75. The predicted octanol–water partition coefficient (Wildman–Crippen LogP) is 3.72. The summed E-state index contributed by atoms with van der Waals surface area (Å²) in [6.45, 7) is 4.03. The Kier molecular flexibility index (Phi) is 3.33. The maximum Gasteiger partial charge on any atom is 0.146 e. The standard InChI is InChI=1S/C15H17NO/c1-11-7-6-10-14(16)15(11)17-12(2)13-8-4-3-5-9-13/h3-10,12H,16H2,1-2H3. The molecule has 0 aromatic heterocycles. The molecule has 1 unspecified atom stereocenters. The molecule has 2 aromatic carbocycles. The third-order valence-electron chi connectivity index (χ3n) is 2.81. The van der Waals surface area contributed by atoms with Crippen LogP contribution >= 0.6 is 0 Å². The smallest absolute Gasteiger partial charge is 0.146 e. The quantitative estimate of drug-likeness (QED) is 0.811. The van der Waals surface area contributed by atoms with Crippen LogP contribution in [-0.4, -0.2) is 0 Å². The summed E-state index contributed by atoms with van der Waals surface area (Å²) < 4.78 is 5.94. The number of nitrogens with two attached hydrogens (primary N) is 1. The fourth-order valence-electron chi connectivity index (χ4n) is 1.81. The minimum Gasteiger partial charge on any atom is -0.484 e. The van der Waals surface area contributed by atoms with E-state index in [-0.39, 0.29) is 6.10 Å². The lowest BCUT2D eigenvalue weighted by Gasteiger charge is -2.18. The Morgan fingerprint density at radius 3 is 2.35 bits per heavy atom. The molecule has 2 nitrogen and oxygen atoms in total. The van der Waals surface area contributed by atoms with E-state index in [9.17, 15) is 0 Å². The van der Waals surface area contributed by atoms with Crippen LogP contribution in [0.25, 0.3) is 0 Å². The molecule has 2 rings (SSSR count). The van der Waals surface area contributed by atoms with Gasteiger partial charge in [-0.1, -0.05) is 42.5 Å². The summed E-state index contributed by atoms with van der Waals surface area (Å²) >= 11 is 0. The van der Waals surface area contributed by atoms with E-state index in [0.717, 1.165) is 16.9 Å². The number of ether oxygens (including phenoxy) is 1. The van der Waals surface area contributed by atoms with Crippen LogP contribution in [0.2, 0.25) is 0 Å². The van der Waals surface area contributed by atoms with E-state index >= 15 is 0 Å². The summed E-state index contributed by atoms with van der Waals surface area (Å²) in [6, 6.07) is 15.9. The van der Waals surface area contributed by atoms with Gasteiger partial charge in [0.15, 0.2) is 0 Å². The Labute approximate surface area is 102 Å². The molecule has 0 saturated heterocycles. The van der Waals surface area contributed by atoms with Gasteiger partial charge < -0.3 is 10.5 Å². The van der Waals surface area contributed by atoms with Crippen LogP contribution in [0.5, 0.6) is 5.75 Å². The summed E-state index contributed by atoms with van der Waals surface area (Å²) in [6.07, 6.45) is -0.000370. The number of nitrogen functional groups attached to an aromatic ring is 1. The molecule has 0 radical (unpaired) electrons. The van der Waals surface area contributed by atoms with Gasteiger partial charge in [0.1, 0.15) is 11.9 Å². The lowest BCUT2D eigenvalue weighted by molar-refractivity contribution is 0.227. The second-order valence-electron chi connectivity index (χ2n) is 4.16. The van der Waals surface area contributed by atoms with Crippen molar-refractivity contribution in [2.75, 3.05) is 5.73 Å². The third-order valence-corrected chi connectivity index (χ3v) is 2.81. The maximum absolute atomic E-state index is 5.94. The number of hydrogen-bond donors (Lipinski definition) is 1. The summed E-state index contributed by atoms with van der Waals surface area (Å²) in [5.74, 6) is 0.781. The highest BCUT2D eigenvalue weighted by molar-refractivity contribution is 5.56. The van der Waals surface area contributed by atoms with Crippen molar-refractivity contribution in [2.24, 2.45) is 0 Å². The Morgan fingerprint density at radius 2 is 1.71 bits per heavy atom. The van der Waals surface area contributed by atoms with Gasteiger partial charge in [-0.15, -0.1) is 0 Å². The number of rotatable bonds is 3. The van der Waals surface area contributed by atoms with Gasteiger partial charge in [-0.3, -0.25) is 0 Å². The fourth-order valence-corrected chi connectivity index (χ4v) is 1.81. The van der Waals surface area contributed by atoms with Crippen molar-refractivity contribution in [3.05, 3.63) is 59.7 Å². The Bertz CT molecular complexity index is 473. The number of para-hydroxylation sites is 1. The van der Waals surface area contributed by atoms with Crippen LogP contribution in [-0.2, 0) is 0 Å². The van der Waals surface area contributed by atoms with Crippen molar-refractivity contribution in [3.63, 3.8) is 0 Å². The van der Waals surface area contributed by atoms with Gasteiger partial charge >= 0.3 is 0 Å². The zero-order valence-corrected chi connectivity index (χ0v) is 10.2. The first kappa shape index (κ1) is 11.5. The fraction of sp³-hybridized carbons (Fsp3) is 0.200. The highest BCUT2D eigenvalue weighted by Crippen LogP contribution is 2.30. The molecular formula is C15H17NO. The van der Waals surface area contributed by atoms with E-state index in [2.05, 4.69) is 12.1 Å². The molecule has 0 saturated carbocycles. The molecule has 0 spiro atoms. The molecule has 0 amide bonds. The third kappa shape index (κ3) is 2.59. The molecule has 1 atom stereocenters. The van der Waals surface area contributed by atoms with Gasteiger partial charge in [0.2, 0.25) is 0 Å². The molecule has 0 aliphatic carbocycles. The summed E-state index contributed by atoms with van der Waals surface area (Å²) in [5.41, 5.74) is 8.82. The Morgan fingerprint density at radius 1 is 1.00 bits per heavy atom. The second kappa shape index (κ2) is 4.91. The van der Waals surface area contributed by atoms with E-state index in [1.807, 2.05) is 50.2 Å². The lowest BCUT2D eigenvalue weighted by Crippen LogP contribution is -2.05. The van der Waals surface area contributed by atoms with E-state index in [0.29, 0.717) is 5.69 Å². The van der Waals surface area contributed by atoms with Crippen LogP contribution in [0.15, 0.2) is 48.5 Å². The molecule has 0 heterocycles. The Balaban J connectivity index is 2.22. The van der Waals surface area contributed by atoms with Crippen LogP contribution in [0, 0.1) is 6.92 Å². The van der Waals surface area contributed by atoms with Crippen molar-refractivity contribution in [1.29, 1.82) is 0 Å². The highest BCUT2D eigenvalue weighted by Gasteiger charge is 2.10. The largest absolute Gasteiger partial charge is 0.484 e. The summed E-state index contributed by atoms with van der Waals surface area (Å²) in [4.78, 5) is 0. The molecular weight excluding hydrogens is 210 g/mol. The molecule has 88 valence electrons. The number of benzene rings is 2. The molecule has 2 N–H and O–H groups in total. The molecule has 0 aliphatic rings. The van der Waals surface area contributed by atoms with E-state index in [1.165, 1.54) is 0 Å². The van der Waals surface area contributed by atoms with Gasteiger partial charge in [0.25, 0.3) is 0 Å². The minimum absolute atomic E-state index is 0.000370. The van der Waals surface area contributed by atoms with E-state index in [1.54, 1.807) is 0 Å². The van der Waals surface area contributed by atoms with Gasteiger partial charge in [0.05, 0.1) is 5.69 Å². The van der Waals surface area contributed by atoms with Gasteiger partial charge in [-0.05, 0) is 31.0 Å². The number of hydrogen-bond acceptors (Lipinski definition) is 2. The molecule has 2 heteroatoms. The van der Waals surface area contributed by atoms with E-state index < -0.39 is 0 Å². The molecule has 0 bridgehead atoms. The second-order valence-corrected chi connectivity index (χ2v) is 4.16. The van der Waals surface area contributed by atoms with Crippen molar-refractivity contribution in [3.8, 4) is 5.75 Å². The minimum atomic E-state index is -0.000370. The number of anilines is 1. The van der Waals surface area contributed by atoms with E-state index in [4.69, 9.17) is 10.5 Å². The lowest BCUT2D eigenvalue weighted by atomic mass is 10.1. The average molecular weight is 227 g/mol. The van der Waals surface area contributed by atoms with Crippen LogP contribution in [0.3, 0.4) is 0 Å². The van der Waals surface area contributed by atoms with Gasteiger partial charge in [-0.2, -0.15) is 0 Å². The normalized spacial score (nSPS) is 12.1. The van der Waals surface area contributed by atoms with Crippen molar-refractivity contribution >= 4 is 5.69 Å². The zero-order valence-electron chi connectivity index (χ0n) is 10.2. The first-order valence-electron chi connectivity index (χ1n) is 5.75. The van der Waals surface area contributed by atoms with Crippen molar-refractivity contribution in [2.45, 2.75) is 20.0 Å². The highest BCUT2D eigenvalue weighted by atomic mass is 16.5. The van der Waals surface area contributed by atoms with Crippen molar-refractivity contribution in [1.82, 2.24) is 0 Å². The zero-order chi connectivity index (χ0) is 12.3. The molecule has 0 fully saturated rings. The maximum atomic E-state index is 5.94. The van der Waals surface area contributed by atoms with Crippen LogP contribution in [0.1, 0.15) is 24.2 Å². The average Bonchev–Trinajstić information content (AvgIpc) is 2.35. The SMILES string of the molecule is Cc1cccc(N)c1OC(C)c1ccccc1. The topological polar surface area (TPSA) is 35.2 Å². The van der Waals surface area contributed by atoms with Gasteiger partial charge in [-0.25, -0.2) is 0 Å². The van der Waals surface area contributed by atoms with Crippen LogP contribution < -0.4 is 10.5 Å². The van der Waals surface area contributed by atoms with Crippen molar-refractivity contribution < 1.29 is 4.74 Å².